The minimum Gasteiger partial charge on any atom is -0.398 e. The zero-order chi connectivity index (χ0) is 11.8. The molecule has 2 rings (SSSR count). The molecule has 0 aromatic heterocycles. The van der Waals surface area contributed by atoms with Crippen LogP contribution < -0.4 is 5.73 Å². The number of nitrogens with zero attached hydrogens (tertiary/aromatic N) is 1. The molecule has 3 nitrogen and oxygen atoms in total. The third-order valence-corrected chi connectivity index (χ3v) is 2.99. The lowest BCUT2D eigenvalue weighted by Gasteiger charge is -2.33. The molecule has 0 aliphatic carbocycles. The third-order valence-electron chi connectivity index (χ3n) is 2.99. The first-order chi connectivity index (χ1) is 7.46. The van der Waals surface area contributed by atoms with Gasteiger partial charge >= 0.3 is 0 Å². The van der Waals surface area contributed by atoms with Gasteiger partial charge in [-0.2, -0.15) is 0 Å². The van der Waals surface area contributed by atoms with E-state index in [1.165, 1.54) is 11.1 Å². The number of anilines is 1. The summed E-state index contributed by atoms with van der Waals surface area (Å²) >= 11 is 0. The first-order valence-electron chi connectivity index (χ1n) is 5.77. The summed E-state index contributed by atoms with van der Waals surface area (Å²) in [4.78, 5) is 2.28. The van der Waals surface area contributed by atoms with Gasteiger partial charge in [-0.15, -0.1) is 0 Å². The predicted octanol–water partition coefficient (Wildman–Crippen LogP) is 1.40. The molecule has 1 aliphatic rings. The lowest BCUT2D eigenvalue weighted by Crippen LogP contribution is -2.41. The van der Waals surface area contributed by atoms with Crippen LogP contribution in [0, 0.1) is 0 Å². The maximum Gasteiger partial charge on any atom is 0.0718 e. The normalized spacial score (nSPS) is 17.2. The van der Waals surface area contributed by atoms with E-state index in [2.05, 4.69) is 11.0 Å². The summed E-state index contributed by atoms with van der Waals surface area (Å²) in [5, 5.41) is 9.81. The molecule has 0 bridgehead atoms. The van der Waals surface area contributed by atoms with Crippen molar-refractivity contribution in [2.45, 2.75) is 32.4 Å². The number of hydrogen-bond acceptors (Lipinski definition) is 3. The van der Waals surface area contributed by atoms with Crippen LogP contribution in [0.5, 0.6) is 0 Å². The standard InChI is InChI=1S/C13H20N2O/c1-13(2,16)9-15-7-6-11-10(8-15)4-3-5-12(11)14/h3-5,16H,6-9,14H2,1-2H3. The van der Waals surface area contributed by atoms with Crippen molar-refractivity contribution >= 4 is 5.69 Å². The van der Waals surface area contributed by atoms with Crippen molar-refractivity contribution < 1.29 is 5.11 Å². The minimum atomic E-state index is -0.627. The van der Waals surface area contributed by atoms with Gasteiger partial charge in [0.15, 0.2) is 0 Å². The Kier molecular flexibility index (Phi) is 2.91. The number of hydrogen-bond donors (Lipinski definition) is 2. The van der Waals surface area contributed by atoms with E-state index in [-0.39, 0.29) is 0 Å². The second-order valence-electron chi connectivity index (χ2n) is 5.26. The molecule has 1 heterocycles. The smallest absolute Gasteiger partial charge is 0.0718 e. The fourth-order valence-corrected chi connectivity index (χ4v) is 2.38. The van der Waals surface area contributed by atoms with E-state index in [1.807, 2.05) is 26.0 Å². The van der Waals surface area contributed by atoms with Gasteiger partial charge in [-0.3, -0.25) is 4.90 Å². The molecule has 16 heavy (non-hydrogen) atoms. The van der Waals surface area contributed by atoms with E-state index < -0.39 is 5.60 Å². The lowest BCUT2D eigenvalue weighted by atomic mass is 9.97. The van der Waals surface area contributed by atoms with Gasteiger partial charge in [0.2, 0.25) is 0 Å². The molecule has 3 N–H and O–H groups in total. The van der Waals surface area contributed by atoms with Gasteiger partial charge in [-0.25, -0.2) is 0 Å². The molecular formula is C13H20N2O. The van der Waals surface area contributed by atoms with E-state index in [1.54, 1.807) is 0 Å². The molecule has 0 radical (unpaired) electrons. The Balaban J connectivity index is 2.12. The van der Waals surface area contributed by atoms with Crippen LogP contribution in [0.1, 0.15) is 25.0 Å². The largest absolute Gasteiger partial charge is 0.398 e. The van der Waals surface area contributed by atoms with Crippen molar-refractivity contribution in [1.29, 1.82) is 0 Å². The summed E-state index contributed by atoms with van der Waals surface area (Å²) in [6.45, 7) is 6.28. The van der Waals surface area contributed by atoms with Gasteiger partial charge in [0.1, 0.15) is 0 Å². The average Bonchev–Trinajstić information content (AvgIpc) is 2.15. The first-order valence-corrected chi connectivity index (χ1v) is 5.77. The van der Waals surface area contributed by atoms with Crippen molar-refractivity contribution in [3.05, 3.63) is 29.3 Å². The van der Waals surface area contributed by atoms with Crippen molar-refractivity contribution in [1.82, 2.24) is 4.90 Å². The number of nitrogen functional groups attached to an aromatic ring is 1. The van der Waals surface area contributed by atoms with Crippen molar-refractivity contribution in [2.24, 2.45) is 0 Å². The number of β-amino-alcohol motifs (C(OH)–C–C–N with tert-alkyl or cyclic N) is 1. The molecule has 0 spiro atoms. The Morgan fingerprint density at radius 3 is 2.88 bits per heavy atom. The molecule has 0 fully saturated rings. The van der Waals surface area contributed by atoms with Crippen LogP contribution >= 0.6 is 0 Å². The molecule has 1 aliphatic heterocycles. The molecule has 0 saturated heterocycles. The summed E-state index contributed by atoms with van der Waals surface area (Å²) < 4.78 is 0. The Bertz CT molecular complexity index is 382. The third kappa shape index (κ3) is 2.54. The topological polar surface area (TPSA) is 49.5 Å². The Labute approximate surface area is 96.9 Å². The van der Waals surface area contributed by atoms with E-state index in [0.29, 0.717) is 6.54 Å². The molecular weight excluding hydrogens is 200 g/mol. The quantitative estimate of drug-likeness (QED) is 0.741. The SMILES string of the molecule is CC(C)(O)CN1CCc2c(N)cccc2C1. The first kappa shape index (κ1) is 11.4. The minimum absolute atomic E-state index is 0.627. The maximum absolute atomic E-state index is 9.81. The fraction of sp³-hybridized carbons (Fsp3) is 0.538. The molecule has 1 aromatic carbocycles. The van der Waals surface area contributed by atoms with Crippen molar-refractivity contribution in [3.63, 3.8) is 0 Å². The molecule has 0 atom stereocenters. The van der Waals surface area contributed by atoms with Crippen LogP contribution in [0.2, 0.25) is 0 Å². The summed E-state index contributed by atoms with van der Waals surface area (Å²) in [5.41, 5.74) is 8.81. The number of benzene rings is 1. The van der Waals surface area contributed by atoms with E-state index in [0.717, 1.165) is 25.2 Å². The summed E-state index contributed by atoms with van der Waals surface area (Å²) in [6.07, 6.45) is 0.984. The van der Waals surface area contributed by atoms with Crippen molar-refractivity contribution in [3.8, 4) is 0 Å². The zero-order valence-electron chi connectivity index (χ0n) is 10.0. The van der Waals surface area contributed by atoms with Crippen molar-refractivity contribution in [2.75, 3.05) is 18.8 Å². The molecule has 3 heteroatoms. The monoisotopic (exact) mass is 220 g/mol. The highest BCUT2D eigenvalue weighted by Gasteiger charge is 2.22. The van der Waals surface area contributed by atoms with Gasteiger partial charge in [0.25, 0.3) is 0 Å². The highest BCUT2D eigenvalue weighted by Crippen LogP contribution is 2.24. The van der Waals surface area contributed by atoms with Gasteiger partial charge in [0.05, 0.1) is 5.60 Å². The molecule has 0 amide bonds. The average molecular weight is 220 g/mol. The summed E-state index contributed by atoms with van der Waals surface area (Å²) in [5.74, 6) is 0. The molecule has 1 aromatic rings. The van der Waals surface area contributed by atoms with Gasteiger partial charge in [0, 0.05) is 25.3 Å². The highest BCUT2D eigenvalue weighted by atomic mass is 16.3. The van der Waals surface area contributed by atoms with Gasteiger partial charge < -0.3 is 10.8 Å². The van der Waals surface area contributed by atoms with Gasteiger partial charge in [-0.1, -0.05) is 12.1 Å². The second-order valence-corrected chi connectivity index (χ2v) is 5.26. The zero-order valence-corrected chi connectivity index (χ0v) is 10.0. The van der Waals surface area contributed by atoms with Crippen LogP contribution in [0.3, 0.4) is 0 Å². The summed E-state index contributed by atoms with van der Waals surface area (Å²) in [7, 11) is 0. The maximum atomic E-state index is 9.81. The molecule has 0 saturated carbocycles. The van der Waals surface area contributed by atoms with Crippen LogP contribution in [-0.2, 0) is 13.0 Å². The van der Waals surface area contributed by atoms with Crippen LogP contribution in [-0.4, -0.2) is 28.7 Å². The number of rotatable bonds is 2. The number of nitrogens with two attached hydrogens (primary N) is 1. The van der Waals surface area contributed by atoms with E-state index in [9.17, 15) is 5.11 Å². The Morgan fingerprint density at radius 1 is 1.44 bits per heavy atom. The van der Waals surface area contributed by atoms with Crippen LogP contribution in [0.25, 0.3) is 0 Å². The van der Waals surface area contributed by atoms with Crippen LogP contribution in [0.15, 0.2) is 18.2 Å². The number of fused-ring (bicyclic) bond motifs is 1. The number of aliphatic hydroxyl groups is 1. The fourth-order valence-electron chi connectivity index (χ4n) is 2.38. The van der Waals surface area contributed by atoms with E-state index >= 15 is 0 Å². The second kappa shape index (κ2) is 4.07. The Hall–Kier alpha value is -1.06. The van der Waals surface area contributed by atoms with Crippen LogP contribution in [0.4, 0.5) is 5.69 Å². The lowest BCUT2D eigenvalue weighted by molar-refractivity contribution is 0.0318. The molecule has 88 valence electrons. The molecule has 0 unspecified atom stereocenters. The highest BCUT2D eigenvalue weighted by molar-refractivity contribution is 5.51. The summed E-state index contributed by atoms with van der Waals surface area (Å²) in [6, 6.07) is 6.09. The van der Waals surface area contributed by atoms with E-state index in [4.69, 9.17) is 5.73 Å². The van der Waals surface area contributed by atoms with Gasteiger partial charge in [-0.05, 0) is 37.5 Å². The Morgan fingerprint density at radius 2 is 2.19 bits per heavy atom. The predicted molar refractivity (Wildman–Crippen MR) is 66.1 cm³/mol.